The van der Waals surface area contributed by atoms with Crippen molar-refractivity contribution in [2.45, 2.75) is 18.9 Å². The Morgan fingerprint density at radius 1 is 1.32 bits per heavy atom. The van der Waals surface area contributed by atoms with Crippen molar-refractivity contribution < 1.29 is 4.74 Å². The molecule has 0 aliphatic carbocycles. The molecular formula is C14H15N3O2. The minimum absolute atomic E-state index is 0.127. The zero-order chi connectivity index (χ0) is 13.2. The lowest BCUT2D eigenvalue weighted by Crippen LogP contribution is -2.28. The maximum absolute atomic E-state index is 11.8. The lowest BCUT2D eigenvalue weighted by Gasteiger charge is -2.25. The van der Waals surface area contributed by atoms with Crippen LogP contribution in [-0.4, -0.2) is 16.4 Å². The molecule has 0 saturated carbocycles. The minimum atomic E-state index is -0.127. The number of anilines is 1. The van der Waals surface area contributed by atoms with E-state index in [1.165, 1.54) is 16.8 Å². The predicted molar refractivity (Wildman–Crippen MR) is 72.2 cm³/mol. The molecule has 1 aromatic heterocycles. The Bertz CT molecular complexity index is 651. The Balaban J connectivity index is 1.93. The molecule has 2 aromatic rings. The molecule has 19 heavy (non-hydrogen) atoms. The maximum atomic E-state index is 11.8. The van der Waals surface area contributed by atoms with Crippen LogP contribution in [-0.2, 0) is 6.54 Å². The Kier molecular flexibility index (Phi) is 2.95. The monoisotopic (exact) mass is 257 g/mol. The highest BCUT2D eigenvalue weighted by Crippen LogP contribution is 2.33. The molecule has 0 amide bonds. The highest BCUT2D eigenvalue weighted by atomic mass is 16.5. The van der Waals surface area contributed by atoms with Crippen LogP contribution in [0, 0.1) is 0 Å². The number of nitrogens with two attached hydrogens (primary N) is 1. The quantitative estimate of drug-likeness (QED) is 0.882. The molecule has 98 valence electrons. The van der Waals surface area contributed by atoms with Gasteiger partial charge in [0.2, 0.25) is 0 Å². The minimum Gasteiger partial charge on any atom is -0.493 e. The van der Waals surface area contributed by atoms with Crippen molar-refractivity contribution in [3.05, 3.63) is 52.3 Å². The molecule has 0 bridgehead atoms. The molecular weight excluding hydrogens is 242 g/mol. The molecule has 2 N–H and O–H groups in total. The first-order chi connectivity index (χ1) is 9.24. The van der Waals surface area contributed by atoms with E-state index < -0.39 is 0 Å². The van der Waals surface area contributed by atoms with Crippen molar-refractivity contribution in [1.29, 1.82) is 0 Å². The molecule has 0 spiro atoms. The summed E-state index contributed by atoms with van der Waals surface area (Å²) >= 11 is 0. The molecule has 1 atom stereocenters. The third-order valence-electron chi connectivity index (χ3n) is 3.36. The van der Waals surface area contributed by atoms with Crippen LogP contribution in [0.1, 0.15) is 17.9 Å². The van der Waals surface area contributed by atoms with E-state index in [0.717, 1.165) is 17.7 Å². The first kappa shape index (κ1) is 11.8. The Labute approximate surface area is 110 Å². The number of rotatable bonds is 2. The van der Waals surface area contributed by atoms with Crippen LogP contribution in [0.15, 0.2) is 41.2 Å². The van der Waals surface area contributed by atoms with Gasteiger partial charge in [-0.3, -0.25) is 4.79 Å². The van der Waals surface area contributed by atoms with E-state index in [1.807, 2.05) is 24.3 Å². The third kappa shape index (κ3) is 2.31. The molecule has 0 saturated heterocycles. The summed E-state index contributed by atoms with van der Waals surface area (Å²) in [7, 11) is 0. The van der Waals surface area contributed by atoms with Crippen LogP contribution in [0.4, 0.5) is 5.82 Å². The lowest BCUT2D eigenvalue weighted by molar-refractivity contribution is 0.255. The third-order valence-corrected chi connectivity index (χ3v) is 3.36. The molecule has 5 nitrogen and oxygen atoms in total. The van der Waals surface area contributed by atoms with Gasteiger partial charge in [0.1, 0.15) is 11.6 Å². The van der Waals surface area contributed by atoms with Gasteiger partial charge in [0.05, 0.1) is 13.2 Å². The topological polar surface area (TPSA) is 70.1 Å². The summed E-state index contributed by atoms with van der Waals surface area (Å²) in [5.41, 5.74) is 6.63. The van der Waals surface area contributed by atoms with Crippen LogP contribution in [0.3, 0.4) is 0 Å². The van der Waals surface area contributed by atoms with Gasteiger partial charge in [-0.1, -0.05) is 18.2 Å². The number of hydrogen-bond acceptors (Lipinski definition) is 4. The first-order valence-electron chi connectivity index (χ1n) is 6.29. The van der Waals surface area contributed by atoms with E-state index in [1.54, 1.807) is 0 Å². The summed E-state index contributed by atoms with van der Waals surface area (Å²) in [6, 6.07) is 10.9. The normalized spacial score (nSPS) is 17.6. The fourth-order valence-corrected chi connectivity index (χ4v) is 2.41. The average Bonchev–Trinajstić information content (AvgIpc) is 2.43. The number of nitrogens with zero attached hydrogens (tertiary/aromatic N) is 2. The van der Waals surface area contributed by atoms with Gasteiger partial charge in [0.15, 0.2) is 0 Å². The van der Waals surface area contributed by atoms with Crippen molar-refractivity contribution >= 4 is 5.82 Å². The van der Waals surface area contributed by atoms with E-state index in [9.17, 15) is 4.79 Å². The fraction of sp³-hybridized carbons (Fsp3) is 0.286. The molecule has 1 unspecified atom stereocenters. The predicted octanol–water partition coefficient (Wildman–Crippen LogP) is 1.39. The fourth-order valence-electron chi connectivity index (χ4n) is 2.41. The Hall–Kier alpha value is -2.30. The SMILES string of the molecule is Nc1ccc(=O)n(CC2CCOc3ccccc32)n1. The van der Waals surface area contributed by atoms with Crippen LogP contribution in [0.5, 0.6) is 5.75 Å². The van der Waals surface area contributed by atoms with Crippen molar-refractivity contribution in [3.8, 4) is 5.75 Å². The number of ether oxygens (including phenoxy) is 1. The number of aromatic nitrogens is 2. The molecule has 1 aliphatic heterocycles. The average molecular weight is 257 g/mol. The van der Waals surface area contributed by atoms with Crippen molar-refractivity contribution in [3.63, 3.8) is 0 Å². The number of fused-ring (bicyclic) bond motifs is 1. The van der Waals surface area contributed by atoms with Gasteiger partial charge in [0.25, 0.3) is 5.56 Å². The van der Waals surface area contributed by atoms with E-state index in [4.69, 9.17) is 10.5 Å². The Morgan fingerprint density at radius 3 is 3.05 bits per heavy atom. The second kappa shape index (κ2) is 4.76. The van der Waals surface area contributed by atoms with Gasteiger partial charge in [0, 0.05) is 12.0 Å². The van der Waals surface area contributed by atoms with E-state index in [2.05, 4.69) is 5.10 Å². The van der Waals surface area contributed by atoms with Crippen LogP contribution < -0.4 is 16.0 Å². The highest BCUT2D eigenvalue weighted by molar-refractivity contribution is 5.37. The van der Waals surface area contributed by atoms with E-state index in [-0.39, 0.29) is 11.5 Å². The van der Waals surface area contributed by atoms with Crippen molar-refractivity contribution in [1.82, 2.24) is 9.78 Å². The zero-order valence-corrected chi connectivity index (χ0v) is 10.5. The number of para-hydroxylation sites is 1. The van der Waals surface area contributed by atoms with Crippen molar-refractivity contribution in [2.75, 3.05) is 12.3 Å². The first-order valence-corrected chi connectivity index (χ1v) is 6.29. The summed E-state index contributed by atoms with van der Waals surface area (Å²) < 4.78 is 7.05. The second-order valence-corrected chi connectivity index (χ2v) is 4.65. The van der Waals surface area contributed by atoms with E-state index >= 15 is 0 Å². The molecule has 1 aliphatic rings. The van der Waals surface area contributed by atoms with Gasteiger partial charge in [-0.05, 0) is 24.1 Å². The van der Waals surface area contributed by atoms with Gasteiger partial charge in [-0.15, -0.1) is 0 Å². The zero-order valence-electron chi connectivity index (χ0n) is 10.5. The standard InChI is InChI=1S/C14H15N3O2/c15-13-5-6-14(18)17(16-13)9-10-7-8-19-12-4-2-1-3-11(10)12/h1-6,10H,7-9H2,(H2,15,16). The lowest BCUT2D eigenvalue weighted by atomic mass is 9.93. The largest absolute Gasteiger partial charge is 0.493 e. The van der Waals surface area contributed by atoms with Crippen molar-refractivity contribution in [2.24, 2.45) is 0 Å². The van der Waals surface area contributed by atoms with Crippen LogP contribution in [0.25, 0.3) is 0 Å². The smallest absolute Gasteiger partial charge is 0.266 e. The van der Waals surface area contributed by atoms with Gasteiger partial charge in [-0.25, -0.2) is 4.68 Å². The van der Waals surface area contributed by atoms with Gasteiger partial charge < -0.3 is 10.5 Å². The van der Waals surface area contributed by atoms with E-state index in [0.29, 0.717) is 19.0 Å². The van der Waals surface area contributed by atoms with Crippen LogP contribution in [0.2, 0.25) is 0 Å². The summed E-state index contributed by atoms with van der Waals surface area (Å²) in [6.45, 7) is 1.20. The second-order valence-electron chi connectivity index (χ2n) is 4.65. The summed E-state index contributed by atoms with van der Waals surface area (Å²) in [5, 5.41) is 4.08. The molecule has 5 heteroatoms. The molecule has 1 aromatic carbocycles. The van der Waals surface area contributed by atoms with Gasteiger partial charge >= 0.3 is 0 Å². The van der Waals surface area contributed by atoms with Crippen LogP contribution >= 0.6 is 0 Å². The summed E-state index contributed by atoms with van der Waals surface area (Å²) in [5.74, 6) is 1.49. The number of nitrogen functional groups attached to an aromatic ring is 1. The molecule has 3 rings (SSSR count). The molecule has 2 heterocycles. The number of benzene rings is 1. The Morgan fingerprint density at radius 2 is 2.16 bits per heavy atom. The molecule has 0 radical (unpaired) electrons. The summed E-state index contributed by atoms with van der Waals surface area (Å²) in [4.78, 5) is 11.8. The van der Waals surface area contributed by atoms with Gasteiger partial charge in [-0.2, -0.15) is 5.10 Å². The molecule has 0 fully saturated rings. The maximum Gasteiger partial charge on any atom is 0.266 e. The highest BCUT2D eigenvalue weighted by Gasteiger charge is 2.22. The summed E-state index contributed by atoms with van der Waals surface area (Å²) in [6.07, 6.45) is 0.875. The number of hydrogen-bond donors (Lipinski definition) is 1.